The molecule has 0 N–H and O–H groups in total. The number of esters is 1. The fourth-order valence-electron chi connectivity index (χ4n) is 2.18. The molecule has 1 aromatic rings. The quantitative estimate of drug-likeness (QED) is 0.561. The Kier molecular flexibility index (Phi) is 3.09. The van der Waals surface area contributed by atoms with Crippen molar-refractivity contribution in [2.45, 2.75) is 19.3 Å². The van der Waals surface area contributed by atoms with E-state index in [4.69, 9.17) is 4.74 Å². The Hall–Kier alpha value is -1.57. The molecule has 1 aromatic carbocycles. The predicted octanol–water partition coefficient (Wildman–Crippen LogP) is 2.83. The van der Waals surface area contributed by atoms with E-state index in [1.54, 1.807) is 0 Å². The zero-order valence-corrected chi connectivity index (χ0v) is 9.64. The summed E-state index contributed by atoms with van der Waals surface area (Å²) in [6, 6.07) is 8.34. The average Bonchev–Trinajstić information content (AvgIpc) is 2.78. The highest BCUT2D eigenvalue weighted by atomic mass is 16.5. The average molecular weight is 216 g/mol. The van der Waals surface area contributed by atoms with E-state index in [0.29, 0.717) is 0 Å². The summed E-state index contributed by atoms with van der Waals surface area (Å²) in [5, 5.41) is 0. The van der Waals surface area contributed by atoms with Gasteiger partial charge in [0.2, 0.25) is 0 Å². The van der Waals surface area contributed by atoms with Crippen molar-refractivity contribution in [1.29, 1.82) is 0 Å². The van der Waals surface area contributed by atoms with Gasteiger partial charge in [-0.1, -0.05) is 42.0 Å². The number of carbonyl (C=O) groups is 1. The van der Waals surface area contributed by atoms with Crippen LogP contribution in [0.1, 0.15) is 23.5 Å². The molecule has 16 heavy (non-hydrogen) atoms. The number of benzene rings is 1. The molecule has 2 nitrogen and oxygen atoms in total. The molecule has 0 saturated heterocycles. The first-order valence-electron chi connectivity index (χ1n) is 5.53. The fourth-order valence-corrected chi connectivity index (χ4v) is 2.18. The molecule has 0 amide bonds. The van der Waals surface area contributed by atoms with Crippen LogP contribution in [-0.2, 0) is 9.53 Å². The summed E-state index contributed by atoms with van der Waals surface area (Å²) in [5.74, 6) is 0.0105. The van der Waals surface area contributed by atoms with E-state index in [-0.39, 0.29) is 17.8 Å². The van der Waals surface area contributed by atoms with Crippen LogP contribution in [0.25, 0.3) is 0 Å². The lowest BCUT2D eigenvalue weighted by molar-refractivity contribution is -0.145. The van der Waals surface area contributed by atoms with Crippen molar-refractivity contribution in [1.82, 2.24) is 0 Å². The number of methoxy groups -OCH3 is 1. The van der Waals surface area contributed by atoms with Gasteiger partial charge in [0.05, 0.1) is 13.0 Å². The molecule has 0 radical (unpaired) electrons. The second-order valence-corrected chi connectivity index (χ2v) is 4.23. The van der Waals surface area contributed by atoms with Gasteiger partial charge in [-0.25, -0.2) is 0 Å². The van der Waals surface area contributed by atoms with Crippen LogP contribution in [0.15, 0.2) is 36.4 Å². The Morgan fingerprint density at radius 3 is 2.62 bits per heavy atom. The van der Waals surface area contributed by atoms with Gasteiger partial charge in [-0.15, -0.1) is 0 Å². The molecule has 1 aliphatic rings. The molecule has 0 spiro atoms. The largest absolute Gasteiger partial charge is 0.469 e. The third-order valence-electron chi connectivity index (χ3n) is 3.13. The number of hydrogen-bond acceptors (Lipinski definition) is 2. The van der Waals surface area contributed by atoms with Crippen LogP contribution in [0.4, 0.5) is 0 Å². The minimum atomic E-state index is -0.115. The summed E-state index contributed by atoms with van der Waals surface area (Å²) in [6.07, 6.45) is 4.95. The van der Waals surface area contributed by atoms with Gasteiger partial charge in [0.1, 0.15) is 0 Å². The second kappa shape index (κ2) is 4.52. The van der Waals surface area contributed by atoms with Crippen molar-refractivity contribution in [3.63, 3.8) is 0 Å². The molecule has 2 rings (SSSR count). The van der Waals surface area contributed by atoms with E-state index in [9.17, 15) is 4.79 Å². The Labute approximate surface area is 95.9 Å². The second-order valence-electron chi connectivity index (χ2n) is 4.23. The van der Waals surface area contributed by atoms with Crippen molar-refractivity contribution in [2.24, 2.45) is 5.92 Å². The van der Waals surface area contributed by atoms with Gasteiger partial charge in [0.15, 0.2) is 0 Å². The van der Waals surface area contributed by atoms with Gasteiger partial charge in [-0.05, 0) is 18.9 Å². The molecule has 2 heteroatoms. The van der Waals surface area contributed by atoms with E-state index in [0.717, 1.165) is 6.42 Å². The summed E-state index contributed by atoms with van der Waals surface area (Å²) >= 11 is 0. The molecular weight excluding hydrogens is 200 g/mol. The van der Waals surface area contributed by atoms with Gasteiger partial charge >= 0.3 is 5.97 Å². The van der Waals surface area contributed by atoms with Gasteiger partial charge < -0.3 is 4.74 Å². The molecule has 1 aliphatic carbocycles. The van der Waals surface area contributed by atoms with Crippen LogP contribution in [-0.4, -0.2) is 13.1 Å². The van der Waals surface area contributed by atoms with Crippen molar-refractivity contribution < 1.29 is 9.53 Å². The lowest BCUT2D eigenvalue weighted by Gasteiger charge is -2.17. The molecule has 2 unspecified atom stereocenters. The third-order valence-corrected chi connectivity index (χ3v) is 3.13. The number of carbonyl (C=O) groups excluding carboxylic acids is 1. The number of allylic oxidation sites excluding steroid dienone is 2. The Morgan fingerprint density at radius 1 is 1.31 bits per heavy atom. The lowest BCUT2D eigenvalue weighted by atomic mass is 9.88. The maximum atomic E-state index is 11.6. The van der Waals surface area contributed by atoms with Crippen molar-refractivity contribution in [3.05, 3.63) is 47.5 Å². The fraction of sp³-hybridized carbons (Fsp3) is 0.357. The van der Waals surface area contributed by atoms with Crippen molar-refractivity contribution in [2.75, 3.05) is 7.11 Å². The number of ether oxygens (including phenoxy) is 1. The van der Waals surface area contributed by atoms with Gasteiger partial charge in [0, 0.05) is 5.92 Å². The van der Waals surface area contributed by atoms with Crippen molar-refractivity contribution >= 4 is 5.97 Å². The molecule has 84 valence electrons. The molecule has 0 aromatic heterocycles. The molecular formula is C14H16O2. The molecule has 2 atom stereocenters. The summed E-state index contributed by atoms with van der Waals surface area (Å²) < 4.78 is 4.83. The van der Waals surface area contributed by atoms with Crippen LogP contribution < -0.4 is 0 Å². The zero-order valence-electron chi connectivity index (χ0n) is 9.64. The topological polar surface area (TPSA) is 26.3 Å². The molecule has 0 fully saturated rings. The molecule has 0 bridgehead atoms. The number of hydrogen-bond donors (Lipinski definition) is 0. The van der Waals surface area contributed by atoms with E-state index >= 15 is 0 Å². The Bertz CT molecular complexity index is 403. The first-order chi connectivity index (χ1) is 7.72. The minimum absolute atomic E-state index is 0.0484. The summed E-state index contributed by atoms with van der Waals surface area (Å²) in [5.41, 5.74) is 2.43. The van der Waals surface area contributed by atoms with Crippen LogP contribution in [0.5, 0.6) is 0 Å². The first kappa shape index (κ1) is 10.9. The Balaban J connectivity index is 2.22. The van der Waals surface area contributed by atoms with Gasteiger partial charge in [0.25, 0.3) is 0 Å². The smallest absolute Gasteiger partial charge is 0.309 e. The van der Waals surface area contributed by atoms with E-state index in [1.807, 2.05) is 0 Å². The zero-order chi connectivity index (χ0) is 11.5. The van der Waals surface area contributed by atoms with Gasteiger partial charge in [-0.2, -0.15) is 0 Å². The maximum Gasteiger partial charge on any atom is 0.309 e. The van der Waals surface area contributed by atoms with Gasteiger partial charge in [-0.3, -0.25) is 4.79 Å². The predicted molar refractivity (Wildman–Crippen MR) is 63.2 cm³/mol. The van der Waals surface area contributed by atoms with E-state index < -0.39 is 0 Å². The van der Waals surface area contributed by atoms with Crippen LogP contribution in [0, 0.1) is 12.8 Å². The maximum absolute atomic E-state index is 11.6. The number of aryl methyl sites for hydroxylation is 1. The molecule has 0 aliphatic heterocycles. The first-order valence-corrected chi connectivity index (χ1v) is 5.53. The standard InChI is InChI=1S/C14H16O2/c1-10-6-8-11(9-7-10)12-4-3-5-13(12)14(15)16-2/h3-4,6-9,12-13H,5H2,1-2H3. The lowest BCUT2D eigenvalue weighted by Crippen LogP contribution is -2.19. The van der Waals surface area contributed by atoms with Crippen LogP contribution >= 0.6 is 0 Å². The third kappa shape index (κ3) is 2.01. The minimum Gasteiger partial charge on any atom is -0.469 e. The number of rotatable bonds is 2. The highest BCUT2D eigenvalue weighted by molar-refractivity contribution is 5.75. The van der Waals surface area contributed by atoms with Crippen molar-refractivity contribution in [3.8, 4) is 0 Å². The monoisotopic (exact) mass is 216 g/mol. The highest BCUT2D eigenvalue weighted by Gasteiger charge is 2.30. The summed E-state index contributed by atoms with van der Waals surface area (Å²) in [4.78, 5) is 11.6. The van der Waals surface area contributed by atoms with E-state index in [1.165, 1.54) is 18.2 Å². The molecule has 0 heterocycles. The molecule has 0 saturated carbocycles. The van der Waals surface area contributed by atoms with Crippen LogP contribution in [0.3, 0.4) is 0 Å². The SMILES string of the molecule is COC(=O)C1CC=CC1c1ccc(C)cc1. The van der Waals surface area contributed by atoms with Crippen LogP contribution in [0.2, 0.25) is 0 Å². The summed E-state index contributed by atoms with van der Waals surface area (Å²) in [6.45, 7) is 2.06. The highest BCUT2D eigenvalue weighted by Crippen LogP contribution is 2.35. The van der Waals surface area contributed by atoms with E-state index in [2.05, 4.69) is 43.3 Å². The normalized spacial score (nSPS) is 23.4. The Morgan fingerprint density at radius 2 is 2.00 bits per heavy atom. The summed E-state index contributed by atoms with van der Waals surface area (Å²) in [7, 11) is 1.45.